The van der Waals surface area contributed by atoms with Gasteiger partial charge in [0.15, 0.2) is 0 Å². The summed E-state index contributed by atoms with van der Waals surface area (Å²) in [5.74, 6) is 0.291. The molecule has 3 rings (SSSR count). The van der Waals surface area contributed by atoms with Crippen LogP contribution in [0.25, 0.3) is 0 Å². The van der Waals surface area contributed by atoms with Gasteiger partial charge in [0.05, 0.1) is 18.1 Å². The topological polar surface area (TPSA) is 121 Å². The number of carbonyl (C=O) groups is 1. The molecule has 0 aliphatic heterocycles. The van der Waals surface area contributed by atoms with Gasteiger partial charge in [-0.2, -0.15) is 5.10 Å². The average molecular weight is 439 g/mol. The Bertz CT molecular complexity index is 1080. The Morgan fingerprint density at radius 2 is 1.84 bits per heavy atom. The molecule has 32 heavy (non-hydrogen) atoms. The zero-order valence-electron chi connectivity index (χ0n) is 18.2. The molecule has 0 bridgehead atoms. The highest BCUT2D eigenvalue weighted by atomic mass is 16.6. The van der Waals surface area contributed by atoms with Crippen molar-refractivity contribution in [2.24, 2.45) is 0 Å². The smallest absolute Gasteiger partial charge is 0.312 e. The normalized spacial score (nSPS) is 10.7. The van der Waals surface area contributed by atoms with Crippen LogP contribution >= 0.6 is 0 Å². The first-order valence-electron chi connectivity index (χ1n) is 10.0. The molecule has 1 aromatic carbocycles. The summed E-state index contributed by atoms with van der Waals surface area (Å²) in [7, 11) is 1.60. The Kier molecular flexibility index (Phi) is 7.50. The highest BCUT2D eigenvalue weighted by Crippen LogP contribution is 2.22. The van der Waals surface area contributed by atoms with Crippen LogP contribution in [0.15, 0.2) is 42.6 Å². The summed E-state index contributed by atoms with van der Waals surface area (Å²) in [6.45, 7) is 4.92. The second kappa shape index (κ2) is 10.5. The van der Waals surface area contributed by atoms with Gasteiger partial charge in [-0.1, -0.05) is 18.2 Å². The molecule has 1 N–H and O–H groups in total. The van der Waals surface area contributed by atoms with Crippen molar-refractivity contribution in [3.8, 4) is 5.88 Å². The molecule has 3 aromatic rings. The summed E-state index contributed by atoms with van der Waals surface area (Å²) in [6, 6.07) is 10.6. The molecule has 0 fully saturated rings. The zero-order valence-corrected chi connectivity index (χ0v) is 18.2. The van der Waals surface area contributed by atoms with Gasteiger partial charge in [0.25, 0.3) is 5.91 Å². The van der Waals surface area contributed by atoms with Gasteiger partial charge in [-0.3, -0.25) is 19.6 Å². The summed E-state index contributed by atoms with van der Waals surface area (Å²) in [6.07, 6.45) is 1.65. The van der Waals surface area contributed by atoms with E-state index in [2.05, 4.69) is 15.4 Å². The van der Waals surface area contributed by atoms with E-state index in [9.17, 15) is 14.9 Å². The van der Waals surface area contributed by atoms with Crippen LogP contribution in [0, 0.1) is 24.0 Å². The summed E-state index contributed by atoms with van der Waals surface area (Å²) in [5.41, 5.74) is 3.16. The van der Waals surface area contributed by atoms with Gasteiger partial charge in [0, 0.05) is 31.5 Å². The maximum atomic E-state index is 12.4. The molecule has 0 aliphatic rings. The number of methoxy groups -OCH3 is 1. The van der Waals surface area contributed by atoms with E-state index in [0.29, 0.717) is 49.1 Å². The molecular formula is C22H25N5O5. The second-order valence-electron chi connectivity index (χ2n) is 7.16. The molecule has 2 heterocycles. The Hall–Kier alpha value is -3.79. The molecule has 0 unspecified atom stereocenters. The minimum Gasteiger partial charge on any atom is -0.475 e. The Labute approximate surface area is 185 Å². The number of nitrogens with zero attached hydrogens (tertiary/aromatic N) is 4. The maximum Gasteiger partial charge on any atom is 0.312 e. The predicted octanol–water partition coefficient (Wildman–Crippen LogP) is 2.81. The first kappa shape index (κ1) is 22.9. The average Bonchev–Trinajstić information content (AvgIpc) is 3.06. The predicted molar refractivity (Wildman–Crippen MR) is 117 cm³/mol. The van der Waals surface area contributed by atoms with E-state index in [1.807, 2.05) is 18.2 Å². The van der Waals surface area contributed by atoms with Crippen LogP contribution in [0.2, 0.25) is 0 Å². The number of pyridine rings is 1. The quantitative estimate of drug-likeness (QED) is 0.293. The molecule has 0 aliphatic carbocycles. The number of rotatable bonds is 10. The number of carbonyl (C=O) groups excluding carboxylic acids is 1. The van der Waals surface area contributed by atoms with Crippen molar-refractivity contribution in [2.45, 2.75) is 26.9 Å². The number of hydrogen-bond donors (Lipinski definition) is 1. The SMILES string of the molecule is COCCOc1ccc(CNC(=O)c2ccc(Cn3nc(C)c([N+](=O)[O-])c3C)cc2)cn1. The van der Waals surface area contributed by atoms with Crippen molar-refractivity contribution in [1.29, 1.82) is 0 Å². The molecule has 10 nitrogen and oxygen atoms in total. The van der Waals surface area contributed by atoms with E-state index in [4.69, 9.17) is 9.47 Å². The first-order valence-corrected chi connectivity index (χ1v) is 10.0. The van der Waals surface area contributed by atoms with E-state index in [0.717, 1.165) is 11.1 Å². The number of aryl methyl sites for hydroxylation is 1. The summed E-state index contributed by atoms with van der Waals surface area (Å²) in [4.78, 5) is 27.4. The van der Waals surface area contributed by atoms with Crippen LogP contribution in [0.5, 0.6) is 5.88 Å². The molecule has 0 saturated heterocycles. The monoisotopic (exact) mass is 439 g/mol. The molecular weight excluding hydrogens is 414 g/mol. The highest BCUT2D eigenvalue weighted by Gasteiger charge is 2.21. The van der Waals surface area contributed by atoms with Crippen molar-refractivity contribution in [3.05, 3.63) is 80.8 Å². The van der Waals surface area contributed by atoms with Crippen molar-refractivity contribution in [2.75, 3.05) is 20.3 Å². The number of nitrogens with one attached hydrogen (secondary N) is 1. The van der Waals surface area contributed by atoms with E-state index < -0.39 is 4.92 Å². The second-order valence-corrected chi connectivity index (χ2v) is 7.16. The van der Waals surface area contributed by atoms with Crippen LogP contribution in [0.3, 0.4) is 0 Å². The fourth-order valence-corrected chi connectivity index (χ4v) is 3.15. The third-order valence-electron chi connectivity index (χ3n) is 4.86. The van der Waals surface area contributed by atoms with Gasteiger partial charge in [0.1, 0.15) is 18.0 Å². The van der Waals surface area contributed by atoms with Crippen molar-refractivity contribution in [3.63, 3.8) is 0 Å². The zero-order chi connectivity index (χ0) is 23.1. The Morgan fingerprint density at radius 3 is 2.44 bits per heavy atom. The van der Waals surface area contributed by atoms with E-state index in [1.165, 1.54) is 0 Å². The summed E-state index contributed by atoms with van der Waals surface area (Å²) < 4.78 is 11.9. The summed E-state index contributed by atoms with van der Waals surface area (Å²) in [5, 5.41) is 18.3. The van der Waals surface area contributed by atoms with Crippen LogP contribution in [0.1, 0.15) is 32.9 Å². The lowest BCUT2D eigenvalue weighted by Gasteiger charge is -2.08. The molecule has 0 spiro atoms. The Balaban J connectivity index is 1.55. The van der Waals surface area contributed by atoms with Gasteiger partial charge < -0.3 is 14.8 Å². The maximum absolute atomic E-state index is 12.4. The molecule has 1 amide bonds. The largest absolute Gasteiger partial charge is 0.475 e. The minimum atomic E-state index is -0.418. The fraction of sp³-hybridized carbons (Fsp3) is 0.318. The molecule has 0 radical (unpaired) electrons. The number of benzene rings is 1. The molecule has 0 saturated carbocycles. The van der Waals surface area contributed by atoms with Gasteiger partial charge in [-0.15, -0.1) is 0 Å². The van der Waals surface area contributed by atoms with E-state index in [1.54, 1.807) is 50.0 Å². The minimum absolute atomic E-state index is 0.0325. The molecule has 2 aromatic heterocycles. The van der Waals surface area contributed by atoms with Gasteiger partial charge in [-0.05, 0) is 37.1 Å². The third-order valence-corrected chi connectivity index (χ3v) is 4.86. The first-order chi connectivity index (χ1) is 15.4. The fourth-order valence-electron chi connectivity index (χ4n) is 3.15. The Morgan fingerprint density at radius 1 is 1.12 bits per heavy atom. The molecule has 10 heteroatoms. The standard InChI is InChI=1S/C22H25N5O5/c1-15-21(27(29)30)16(2)26(25-15)14-17-4-7-19(8-5-17)22(28)24-13-18-6-9-20(23-12-18)32-11-10-31-3/h4-9,12H,10-11,13-14H2,1-3H3,(H,24,28). The summed E-state index contributed by atoms with van der Waals surface area (Å²) >= 11 is 0. The third kappa shape index (κ3) is 5.67. The number of nitro groups is 1. The molecule has 0 atom stereocenters. The van der Waals surface area contributed by atoms with Gasteiger partial charge in [-0.25, -0.2) is 4.98 Å². The number of hydrogen-bond acceptors (Lipinski definition) is 7. The van der Waals surface area contributed by atoms with Crippen LogP contribution < -0.4 is 10.1 Å². The van der Waals surface area contributed by atoms with Crippen LogP contribution in [-0.2, 0) is 17.8 Å². The van der Waals surface area contributed by atoms with Gasteiger partial charge >= 0.3 is 5.69 Å². The number of aromatic nitrogens is 3. The van der Waals surface area contributed by atoms with E-state index >= 15 is 0 Å². The van der Waals surface area contributed by atoms with E-state index in [-0.39, 0.29) is 11.6 Å². The number of amides is 1. The lowest BCUT2D eigenvalue weighted by molar-refractivity contribution is -0.386. The lowest BCUT2D eigenvalue weighted by atomic mass is 10.1. The van der Waals surface area contributed by atoms with Crippen molar-refractivity contribution < 1.29 is 19.2 Å². The van der Waals surface area contributed by atoms with Crippen LogP contribution in [-0.4, -0.2) is 45.9 Å². The number of ether oxygens (including phenoxy) is 2. The highest BCUT2D eigenvalue weighted by molar-refractivity contribution is 5.94. The van der Waals surface area contributed by atoms with Gasteiger partial charge in [0.2, 0.25) is 5.88 Å². The molecule has 168 valence electrons. The van der Waals surface area contributed by atoms with Crippen LogP contribution in [0.4, 0.5) is 5.69 Å². The van der Waals surface area contributed by atoms with Crippen molar-refractivity contribution in [1.82, 2.24) is 20.1 Å². The van der Waals surface area contributed by atoms with Crippen molar-refractivity contribution >= 4 is 11.6 Å². The lowest BCUT2D eigenvalue weighted by Crippen LogP contribution is -2.22.